The summed E-state index contributed by atoms with van der Waals surface area (Å²) in [6.07, 6.45) is 4.61. The van der Waals surface area contributed by atoms with E-state index < -0.39 is 16.0 Å². The second kappa shape index (κ2) is 6.25. The summed E-state index contributed by atoms with van der Waals surface area (Å²) in [6, 6.07) is 3.55. The molecular formula is C13H18N2O4S2. The first-order chi connectivity index (χ1) is 9.83. The van der Waals surface area contributed by atoms with E-state index in [1.54, 1.807) is 11.8 Å². The number of benzene rings is 1. The average Bonchev–Trinajstić information content (AvgIpc) is 2.85. The van der Waals surface area contributed by atoms with E-state index in [0.717, 1.165) is 25.3 Å². The van der Waals surface area contributed by atoms with Gasteiger partial charge in [-0.05, 0) is 43.7 Å². The largest absolute Gasteiger partial charge is 0.478 e. The minimum atomic E-state index is -3.73. The standard InChI is InChI=1S/C13H18N2O4S2/c1-20-10-4-3-9(7-10)15-21(18,19)12-5-2-8(13(16)17)6-11(12)14/h2,5-6,9-10,15H,3-4,7,14H2,1H3,(H,16,17). The van der Waals surface area contributed by atoms with Crippen molar-refractivity contribution in [2.75, 3.05) is 12.0 Å². The summed E-state index contributed by atoms with van der Waals surface area (Å²) in [5, 5.41) is 9.34. The summed E-state index contributed by atoms with van der Waals surface area (Å²) in [4.78, 5) is 10.8. The Balaban J connectivity index is 2.18. The summed E-state index contributed by atoms with van der Waals surface area (Å²) in [5.41, 5.74) is 5.60. The van der Waals surface area contributed by atoms with E-state index in [1.807, 2.05) is 6.26 Å². The molecular weight excluding hydrogens is 312 g/mol. The van der Waals surface area contributed by atoms with E-state index in [0.29, 0.717) is 5.25 Å². The lowest BCUT2D eigenvalue weighted by molar-refractivity contribution is 0.0697. The SMILES string of the molecule is CSC1CCC(NS(=O)(=O)c2ccc(C(=O)O)cc2N)C1. The van der Waals surface area contributed by atoms with Crippen molar-refractivity contribution in [1.82, 2.24) is 4.72 Å². The number of sulfonamides is 1. The van der Waals surface area contributed by atoms with Gasteiger partial charge in [0.25, 0.3) is 0 Å². The third-order valence-corrected chi connectivity index (χ3v) is 6.28. The Kier molecular flexibility index (Phi) is 4.80. The van der Waals surface area contributed by atoms with Crippen LogP contribution in [0.25, 0.3) is 0 Å². The molecule has 0 heterocycles. The molecule has 1 aromatic rings. The number of nitrogen functional groups attached to an aromatic ring is 1. The fourth-order valence-electron chi connectivity index (χ4n) is 2.47. The summed E-state index contributed by atoms with van der Waals surface area (Å²) in [6.45, 7) is 0. The van der Waals surface area contributed by atoms with Crippen LogP contribution in [0.4, 0.5) is 5.69 Å². The molecule has 0 radical (unpaired) electrons. The van der Waals surface area contributed by atoms with Gasteiger partial charge in [-0.2, -0.15) is 11.8 Å². The summed E-state index contributed by atoms with van der Waals surface area (Å²) >= 11 is 1.74. The molecule has 21 heavy (non-hydrogen) atoms. The molecule has 1 aromatic carbocycles. The molecule has 0 saturated heterocycles. The monoisotopic (exact) mass is 330 g/mol. The van der Waals surface area contributed by atoms with Gasteiger partial charge in [0.2, 0.25) is 10.0 Å². The van der Waals surface area contributed by atoms with Crippen molar-refractivity contribution >= 4 is 33.4 Å². The van der Waals surface area contributed by atoms with Crippen LogP contribution >= 0.6 is 11.8 Å². The molecule has 0 spiro atoms. The average molecular weight is 330 g/mol. The van der Waals surface area contributed by atoms with Crippen molar-refractivity contribution in [2.24, 2.45) is 0 Å². The van der Waals surface area contributed by atoms with Crippen LogP contribution < -0.4 is 10.5 Å². The van der Waals surface area contributed by atoms with Gasteiger partial charge in [0, 0.05) is 11.3 Å². The van der Waals surface area contributed by atoms with Gasteiger partial charge in [0.05, 0.1) is 11.3 Å². The maximum absolute atomic E-state index is 12.3. The Morgan fingerprint density at radius 2 is 2.14 bits per heavy atom. The van der Waals surface area contributed by atoms with Gasteiger partial charge in [-0.3, -0.25) is 0 Å². The van der Waals surface area contributed by atoms with Crippen LogP contribution in [0.1, 0.15) is 29.6 Å². The second-order valence-electron chi connectivity index (χ2n) is 5.05. The van der Waals surface area contributed by atoms with Crippen molar-refractivity contribution in [3.05, 3.63) is 23.8 Å². The van der Waals surface area contributed by atoms with Crippen molar-refractivity contribution in [3.8, 4) is 0 Å². The molecule has 116 valence electrons. The van der Waals surface area contributed by atoms with E-state index in [9.17, 15) is 13.2 Å². The number of rotatable bonds is 5. The number of thioether (sulfide) groups is 1. The number of aromatic carboxylic acids is 1. The highest BCUT2D eigenvalue weighted by molar-refractivity contribution is 7.99. The van der Waals surface area contributed by atoms with Crippen LogP contribution in [0.15, 0.2) is 23.1 Å². The minimum Gasteiger partial charge on any atom is -0.478 e. The van der Waals surface area contributed by atoms with Crippen molar-refractivity contribution < 1.29 is 18.3 Å². The Morgan fingerprint density at radius 1 is 1.43 bits per heavy atom. The number of nitrogens with one attached hydrogen (secondary N) is 1. The maximum Gasteiger partial charge on any atom is 0.335 e. The van der Waals surface area contributed by atoms with Gasteiger partial charge in [-0.15, -0.1) is 0 Å². The lowest BCUT2D eigenvalue weighted by Crippen LogP contribution is -2.33. The molecule has 1 saturated carbocycles. The number of carbonyl (C=O) groups is 1. The molecule has 6 nitrogen and oxygen atoms in total. The predicted octanol–water partition coefficient (Wildman–Crippen LogP) is 1.53. The topological polar surface area (TPSA) is 109 Å². The fraction of sp³-hybridized carbons (Fsp3) is 0.462. The Labute approximate surface area is 128 Å². The number of hydrogen-bond donors (Lipinski definition) is 3. The summed E-state index contributed by atoms with van der Waals surface area (Å²) in [5.74, 6) is -1.14. The van der Waals surface area contributed by atoms with E-state index in [4.69, 9.17) is 10.8 Å². The predicted molar refractivity (Wildman–Crippen MR) is 83.1 cm³/mol. The summed E-state index contributed by atoms with van der Waals surface area (Å²) in [7, 11) is -3.73. The highest BCUT2D eigenvalue weighted by atomic mass is 32.2. The highest BCUT2D eigenvalue weighted by Gasteiger charge is 2.29. The molecule has 2 rings (SSSR count). The maximum atomic E-state index is 12.3. The van der Waals surface area contributed by atoms with Crippen molar-refractivity contribution in [1.29, 1.82) is 0 Å². The fourth-order valence-corrected chi connectivity index (χ4v) is 4.66. The Morgan fingerprint density at radius 3 is 2.67 bits per heavy atom. The van der Waals surface area contributed by atoms with Crippen LogP contribution in [0.2, 0.25) is 0 Å². The zero-order valence-corrected chi connectivity index (χ0v) is 13.2. The lowest BCUT2D eigenvalue weighted by atomic mass is 10.2. The molecule has 0 aromatic heterocycles. The molecule has 4 N–H and O–H groups in total. The van der Waals surface area contributed by atoms with Crippen LogP contribution in [0.5, 0.6) is 0 Å². The number of anilines is 1. The molecule has 1 aliphatic carbocycles. The number of carboxylic acids is 1. The summed E-state index contributed by atoms with van der Waals surface area (Å²) < 4.78 is 27.3. The van der Waals surface area contributed by atoms with Gasteiger partial charge in [0.1, 0.15) is 4.90 Å². The molecule has 2 atom stereocenters. The van der Waals surface area contributed by atoms with Gasteiger partial charge in [-0.1, -0.05) is 0 Å². The molecule has 2 unspecified atom stereocenters. The van der Waals surface area contributed by atoms with Gasteiger partial charge in [-0.25, -0.2) is 17.9 Å². The van der Waals surface area contributed by atoms with Crippen LogP contribution in [0.3, 0.4) is 0 Å². The molecule has 0 amide bonds. The van der Waals surface area contributed by atoms with Crippen molar-refractivity contribution in [3.63, 3.8) is 0 Å². The third-order valence-electron chi connectivity index (χ3n) is 3.59. The zero-order chi connectivity index (χ0) is 15.6. The van der Waals surface area contributed by atoms with Crippen LogP contribution in [0, 0.1) is 0 Å². The molecule has 1 aliphatic rings. The Hall–Kier alpha value is -1.25. The molecule has 0 bridgehead atoms. The van der Waals surface area contributed by atoms with Crippen LogP contribution in [-0.4, -0.2) is 37.0 Å². The normalized spacial score (nSPS) is 22.3. The quantitative estimate of drug-likeness (QED) is 0.706. The lowest BCUT2D eigenvalue weighted by Gasteiger charge is -2.14. The molecule has 1 fully saturated rings. The number of nitrogens with two attached hydrogens (primary N) is 1. The molecule has 0 aliphatic heterocycles. The van der Waals surface area contributed by atoms with E-state index in [2.05, 4.69) is 4.72 Å². The first kappa shape index (κ1) is 16.1. The second-order valence-corrected chi connectivity index (χ2v) is 7.87. The first-order valence-electron chi connectivity index (χ1n) is 6.51. The van der Waals surface area contributed by atoms with Crippen LogP contribution in [-0.2, 0) is 10.0 Å². The minimum absolute atomic E-state index is 0.0326. The molecule has 8 heteroatoms. The smallest absolute Gasteiger partial charge is 0.335 e. The van der Waals surface area contributed by atoms with Crippen molar-refractivity contribution in [2.45, 2.75) is 35.4 Å². The van der Waals surface area contributed by atoms with Gasteiger partial charge < -0.3 is 10.8 Å². The number of carboxylic acid groups (broad SMARTS) is 1. The van der Waals surface area contributed by atoms with E-state index >= 15 is 0 Å². The Bertz CT molecular complexity index is 646. The number of hydrogen-bond acceptors (Lipinski definition) is 5. The zero-order valence-electron chi connectivity index (χ0n) is 11.6. The first-order valence-corrected chi connectivity index (χ1v) is 9.28. The van der Waals surface area contributed by atoms with Gasteiger partial charge in [0.15, 0.2) is 0 Å². The van der Waals surface area contributed by atoms with Gasteiger partial charge >= 0.3 is 5.97 Å². The van der Waals surface area contributed by atoms with E-state index in [-0.39, 0.29) is 22.2 Å². The highest BCUT2D eigenvalue weighted by Crippen LogP contribution is 2.29. The third kappa shape index (κ3) is 3.69. The van der Waals surface area contributed by atoms with E-state index in [1.165, 1.54) is 12.1 Å².